The molecule has 1 aliphatic heterocycles. The number of aryl methyl sites for hydroxylation is 1. The van der Waals surface area contributed by atoms with Crippen LogP contribution in [0.15, 0.2) is 22.8 Å². The average Bonchev–Trinajstić information content (AvgIpc) is 3.39. The predicted octanol–water partition coefficient (Wildman–Crippen LogP) is 3.22. The highest BCUT2D eigenvalue weighted by Gasteiger charge is 2.27. The van der Waals surface area contributed by atoms with E-state index in [-0.39, 0.29) is 18.0 Å². The molecule has 7 heteroatoms. The Hall–Kier alpha value is -2.54. The minimum atomic E-state index is -0.382. The van der Waals surface area contributed by atoms with Crippen LogP contribution in [0.3, 0.4) is 0 Å². The molecular formula is C20H26N2O5. The maximum absolute atomic E-state index is 12.9. The van der Waals surface area contributed by atoms with E-state index in [2.05, 4.69) is 4.98 Å². The summed E-state index contributed by atoms with van der Waals surface area (Å²) < 4.78 is 16.1. The lowest BCUT2D eigenvalue weighted by molar-refractivity contribution is 0.0483. The van der Waals surface area contributed by atoms with Gasteiger partial charge in [-0.05, 0) is 56.9 Å². The number of amides is 1. The zero-order chi connectivity index (χ0) is 19.4. The van der Waals surface area contributed by atoms with Crippen molar-refractivity contribution in [3.8, 4) is 0 Å². The van der Waals surface area contributed by atoms with Crippen LogP contribution in [0.5, 0.6) is 0 Å². The molecule has 1 amide bonds. The number of H-pyrrole nitrogens is 1. The predicted molar refractivity (Wildman–Crippen MR) is 98.6 cm³/mol. The summed E-state index contributed by atoms with van der Waals surface area (Å²) in [5.74, 6) is -0.273. The number of nitrogens with zero attached hydrogens (tertiary/aromatic N) is 1. The van der Waals surface area contributed by atoms with Crippen LogP contribution in [0, 0.1) is 13.8 Å². The lowest BCUT2D eigenvalue weighted by Crippen LogP contribution is -2.37. The monoisotopic (exact) mass is 374 g/mol. The van der Waals surface area contributed by atoms with Crippen LogP contribution in [-0.4, -0.2) is 47.6 Å². The number of rotatable bonds is 7. The van der Waals surface area contributed by atoms with Crippen LogP contribution in [0.1, 0.15) is 57.6 Å². The van der Waals surface area contributed by atoms with Gasteiger partial charge in [-0.1, -0.05) is 0 Å². The summed E-state index contributed by atoms with van der Waals surface area (Å²) in [6.07, 6.45) is 3.44. The summed E-state index contributed by atoms with van der Waals surface area (Å²) in [7, 11) is 0. The van der Waals surface area contributed by atoms with Crippen LogP contribution in [0.4, 0.5) is 0 Å². The quantitative estimate of drug-likeness (QED) is 0.752. The van der Waals surface area contributed by atoms with Crippen molar-refractivity contribution in [2.45, 2.75) is 46.3 Å². The molecule has 7 nitrogen and oxygen atoms in total. The normalized spacial score (nSPS) is 16.5. The zero-order valence-corrected chi connectivity index (χ0v) is 16.0. The van der Waals surface area contributed by atoms with Crippen molar-refractivity contribution in [1.29, 1.82) is 0 Å². The van der Waals surface area contributed by atoms with Crippen molar-refractivity contribution in [3.05, 3.63) is 46.7 Å². The maximum atomic E-state index is 12.9. The summed E-state index contributed by atoms with van der Waals surface area (Å²) in [5.41, 5.74) is 3.00. The first-order valence-electron chi connectivity index (χ1n) is 9.30. The van der Waals surface area contributed by atoms with Gasteiger partial charge in [-0.25, -0.2) is 4.79 Å². The van der Waals surface area contributed by atoms with E-state index in [4.69, 9.17) is 13.9 Å². The Balaban J connectivity index is 1.85. The Morgan fingerprint density at radius 1 is 1.37 bits per heavy atom. The van der Waals surface area contributed by atoms with Gasteiger partial charge in [0.1, 0.15) is 5.69 Å². The van der Waals surface area contributed by atoms with Crippen molar-refractivity contribution in [2.75, 3.05) is 19.8 Å². The third kappa shape index (κ3) is 4.24. The first-order valence-corrected chi connectivity index (χ1v) is 9.30. The second-order valence-electron chi connectivity index (χ2n) is 6.75. The van der Waals surface area contributed by atoms with Gasteiger partial charge in [-0.15, -0.1) is 0 Å². The Morgan fingerprint density at radius 3 is 2.81 bits per heavy atom. The van der Waals surface area contributed by atoms with Gasteiger partial charge in [-0.2, -0.15) is 0 Å². The molecular weight excluding hydrogens is 348 g/mol. The van der Waals surface area contributed by atoms with Gasteiger partial charge >= 0.3 is 5.97 Å². The molecule has 0 spiro atoms. The molecule has 0 unspecified atom stereocenters. The fourth-order valence-electron chi connectivity index (χ4n) is 3.43. The smallest absolute Gasteiger partial charge is 0.355 e. The first-order chi connectivity index (χ1) is 13.0. The standard InChI is InChI=1S/C20H26N2O5/c1-4-25-20(24)18-13(2)16(14(3)21-18)12-22(11-15-7-5-9-26-15)19(23)17-8-6-10-27-17/h6,8,10,15,21H,4-5,7,9,11-12H2,1-3H3/t15-/m1/s1. The number of furan rings is 1. The Morgan fingerprint density at radius 2 is 2.19 bits per heavy atom. The molecule has 0 aromatic carbocycles. The molecule has 2 aromatic heterocycles. The van der Waals surface area contributed by atoms with E-state index < -0.39 is 0 Å². The number of ether oxygens (including phenoxy) is 2. The Bertz CT molecular complexity index is 788. The molecule has 3 rings (SSSR count). The topological polar surface area (TPSA) is 84.8 Å². The molecule has 0 saturated carbocycles. The van der Waals surface area contributed by atoms with E-state index in [0.717, 1.165) is 36.3 Å². The van der Waals surface area contributed by atoms with Gasteiger partial charge in [0.25, 0.3) is 5.91 Å². The molecule has 0 radical (unpaired) electrons. The van der Waals surface area contributed by atoms with Crippen LogP contribution < -0.4 is 0 Å². The second-order valence-corrected chi connectivity index (χ2v) is 6.75. The van der Waals surface area contributed by atoms with Crippen molar-refractivity contribution in [3.63, 3.8) is 0 Å². The molecule has 1 saturated heterocycles. The third-order valence-corrected chi connectivity index (χ3v) is 4.89. The highest BCUT2D eigenvalue weighted by Crippen LogP contribution is 2.23. The third-order valence-electron chi connectivity index (χ3n) is 4.89. The SMILES string of the molecule is CCOC(=O)c1[nH]c(C)c(CN(C[C@H]2CCCO2)C(=O)c2ccco2)c1C. The number of aromatic amines is 1. The second kappa shape index (κ2) is 8.43. The number of hydrogen-bond acceptors (Lipinski definition) is 5. The van der Waals surface area contributed by atoms with Gasteiger partial charge in [0, 0.05) is 25.4 Å². The minimum Gasteiger partial charge on any atom is -0.461 e. The van der Waals surface area contributed by atoms with Crippen LogP contribution >= 0.6 is 0 Å². The van der Waals surface area contributed by atoms with E-state index in [9.17, 15) is 9.59 Å². The molecule has 146 valence electrons. The summed E-state index contributed by atoms with van der Waals surface area (Å²) in [6.45, 7) is 7.43. The van der Waals surface area contributed by atoms with Crippen LogP contribution in [0.2, 0.25) is 0 Å². The molecule has 1 N–H and O–H groups in total. The Kier molecular flexibility index (Phi) is 6.01. The van der Waals surface area contributed by atoms with E-state index >= 15 is 0 Å². The summed E-state index contributed by atoms with van der Waals surface area (Å²) in [5, 5.41) is 0. The van der Waals surface area contributed by atoms with Crippen LogP contribution in [-0.2, 0) is 16.0 Å². The summed E-state index contributed by atoms with van der Waals surface area (Å²) in [6, 6.07) is 3.36. The molecule has 1 aliphatic rings. The molecule has 27 heavy (non-hydrogen) atoms. The van der Waals surface area contributed by atoms with Gasteiger partial charge in [0.2, 0.25) is 0 Å². The van der Waals surface area contributed by atoms with E-state index in [1.165, 1.54) is 6.26 Å². The molecule has 2 aromatic rings. The minimum absolute atomic E-state index is 0.0213. The zero-order valence-electron chi connectivity index (χ0n) is 16.0. The van der Waals surface area contributed by atoms with E-state index in [1.807, 2.05) is 13.8 Å². The lowest BCUT2D eigenvalue weighted by Gasteiger charge is -2.25. The maximum Gasteiger partial charge on any atom is 0.355 e. The molecule has 3 heterocycles. The van der Waals surface area contributed by atoms with Crippen molar-refractivity contribution < 1.29 is 23.5 Å². The summed E-state index contributed by atoms with van der Waals surface area (Å²) >= 11 is 0. The number of aromatic nitrogens is 1. The average molecular weight is 374 g/mol. The molecule has 1 atom stereocenters. The van der Waals surface area contributed by atoms with Gasteiger partial charge in [0.05, 0.1) is 19.0 Å². The van der Waals surface area contributed by atoms with Gasteiger partial charge in [-0.3, -0.25) is 4.79 Å². The molecule has 0 aliphatic carbocycles. The number of carbonyl (C=O) groups excluding carboxylic acids is 2. The highest BCUT2D eigenvalue weighted by molar-refractivity contribution is 5.92. The van der Waals surface area contributed by atoms with Crippen molar-refractivity contribution in [1.82, 2.24) is 9.88 Å². The summed E-state index contributed by atoms with van der Waals surface area (Å²) in [4.78, 5) is 29.9. The number of carbonyl (C=O) groups is 2. The van der Waals surface area contributed by atoms with Crippen molar-refractivity contribution >= 4 is 11.9 Å². The highest BCUT2D eigenvalue weighted by atomic mass is 16.5. The van der Waals surface area contributed by atoms with E-state index in [0.29, 0.717) is 31.2 Å². The largest absolute Gasteiger partial charge is 0.461 e. The van der Waals surface area contributed by atoms with Crippen molar-refractivity contribution in [2.24, 2.45) is 0 Å². The fourth-order valence-corrected chi connectivity index (χ4v) is 3.43. The Labute approximate surface area is 158 Å². The van der Waals surface area contributed by atoms with Crippen LogP contribution in [0.25, 0.3) is 0 Å². The first kappa shape index (κ1) is 19.2. The number of hydrogen-bond donors (Lipinski definition) is 1. The number of esters is 1. The lowest BCUT2D eigenvalue weighted by atomic mass is 10.1. The molecule has 0 bridgehead atoms. The number of nitrogens with one attached hydrogen (secondary N) is 1. The van der Waals surface area contributed by atoms with Gasteiger partial charge < -0.3 is 23.8 Å². The van der Waals surface area contributed by atoms with E-state index in [1.54, 1.807) is 24.0 Å². The van der Waals surface area contributed by atoms with Gasteiger partial charge in [0.15, 0.2) is 5.76 Å². The fraction of sp³-hybridized carbons (Fsp3) is 0.500. The molecule has 1 fully saturated rings.